The van der Waals surface area contributed by atoms with Crippen LogP contribution in [0.4, 0.5) is 18.9 Å². The molecule has 0 aliphatic carbocycles. The molecule has 2 aromatic carbocycles. The average molecular weight is 502 g/mol. The third-order valence-electron chi connectivity index (χ3n) is 5.96. The van der Waals surface area contributed by atoms with Gasteiger partial charge >= 0.3 is 6.18 Å². The van der Waals surface area contributed by atoms with Gasteiger partial charge in [-0.1, -0.05) is 29.5 Å². The fourth-order valence-electron chi connectivity index (χ4n) is 4.20. The Balaban J connectivity index is 1.55. The number of ether oxygens (including phenoxy) is 1. The molecule has 0 spiro atoms. The van der Waals surface area contributed by atoms with Crippen molar-refractivity contribution in [1.82, 2.24) is 19.9 Å². The monoisotopic (exact) mass is 502 g/mol. The number of rotatable bonds is 7. The Morgan fingerprint density at radius 3 is 2.61 bits per heavy atom. The van der Waals surface area contributed by atoms with E-state index in [-0.39, 0.29) is 30.8 Å². The topological polar surface area (TPSA) is 107 Å². The fraction of sp³-hybridized carbons (Fsp3) is 0.333. The van der Waals surface area contributed by atoms with Crippen LogP contribution in [0.1, 0.15) is 11.1 Å². The van der Waals surface area contributed by atoms with Crippen molar-refractivity contribution in [2.24, 2.45) is 5.73 Å². The summed E-state index contributed by atoms with van der Waals surface area (Å²) < 4.78 is 45.0. The van der Waals surface area contributed by atoms with Crippen molar-refractivity contribution in [2.75, 3.05) is 31.1 Å². The second-order valence-electron chi connectivity index (χ2n) is 8.46. The van der Waals surface area contributed by atoms with E-state index in [9.17, 15) is 22.8 Å². The number of hydrogen-bond acceptors (Lipinski definition) is 6. The second kappa shape index (κ2) is 10.3. The van der Waals surface area contributed by atoms with Crippen LogP contribution in [0.5, 0.6) is 5.75 Å². The highest BCUT2D eigenvalue weighted by Crippen LogP contribution is 2.28. The van der Waals surface area contributed by atoms with Gasteiger partial charge in [-0.15, -0.1) is 5.10 Å². The van der Waals surface area contributed by atoms with Crippen molar-refractivity contribution >= 4 is 17.5 Å². The Morgan fingerprint density at radius 2 is 1.94 bits per heavy atom. The van der Waals surface area contributed by atoms with Gasteiger partial charge < -0.3 is 20.3 Å². The second-order valence-corrected chi connectivity index (χ2v) is 8.46. The largest absolute Gasteiger partial charge is 0.484 e. The molecule has 1 aromatic heterocycles. The average Bonchev–Trinajstić information content (AvgIpc) is 3.38. The van der Waals surface area contributed by atoms with Crippen molar-refractivity contribution in [2.45, 2.75) is 25.6 Å². The molecule has 1 fully saturated rings. The first-order valence-corrected chi connectivity index (χ1v) is 11.2. The summed E-state index contributed by atoms with van der Waals surface area (Å²) in [5.41, 5.74) is 8.28. The number of carbonyl (C=O) groups is 2. The van der Waals surface area contributed by atoms with E-state index in [1.807, 2.05) is 36.1 Å². The Labute approximate surface area is 205 Å². The van der Waals surface area contributed by atoms with E-state index in [0.29, 0.717) is 12.2 Å². The fourth-order valence-corrected chi connectivity index (χ4v) is 4.20. The summed E-state index contributed by atoms with van der Waals surface area (Å²) >= 11 is 0. The maximum atomic E-state index is 13.3. The first-order chi connectivity index (χ1) is 17.1. The molecule has 2 N–H and O–H groups in total. The van der Waals surface area contributed by atoms with Crippen molar-refractivity contribution in [3.05, 3.63) is 66.0 Å². The van der Waals surface area contributed by atoms with Crippen LogP contribution in [-0.4, -0.2) is 70.2 Å². The highest BCUT2D eigenvalue weighted by molar-refractivity contribution is 5.89. The minimum atomic E-state index is -4.56. The number of anilines is 1. The van der Waals surface area contributed by atoms with Gasteiger partial charge in [0.2, 0.25) is 11.8 Å². The number of aryl methyl sites for hydroxylation is 1. The standard InChI is InChI=1S/C24H25F3N6O3/c1-16-4-2-3-5-19(16)31-10-11-32(20(14-31)23(28)35)22(34)12-17-6-7-18(33-9-8-29-30-33)13-21(17)36-15-24(25,26)27/h2-9,13,20H,10-12,14-15H2,1H3,(H2,28,35). The number of hydrogen-bond donors (Lipinski definition) is 1. The predicted octanol–water partition coefficient (Wildman–Crippen LogP) is 2.26. The van der Waals surface area contributed by atoms with E-state index in [1.165, 1.54) is 34.1 Å². The van der Waals surface area contributed by atoms with Crippen LogP contribution >= 0.6 is 0 Å². The Hall–Kier alpha value is -4.09. The molecule has 0 saturated carbocycles. The molecule has 3 aromatic rings. The molecule has 0 radical (unpaired) electrons. The van der Waals surface area contributed by atoms with Crippen molar-refractivity contribution < 1.29 is 27.5 Å². The molecule has 0 bridgehead atoms. The zero-order chi connectivity index (χ0) is 25.9. The highest BCUT2D eigenvalue weighted by Gasteiger charge is 2.35. The molecule has 9 nitrogen and oxygen atoms in total. The third kappa shape index (κ3) is 5.75. The van der Waals surface area contributed by atoms with Crippen LogP contribution in [0, 0.1) is 6.92 Å². The van der Waals surface area contributed by atoms with E-state index in [0.717, 1.165) is 11.3 Å². The van der Waals surface area contributed by atoms with Crippen LogP contribution < -0.4 is 15.4 Å². The van der Waals surface area contributed by atoms with Crippen molar-refractivity contribution in [3.8, 4) is 11.4 Å². The molecule has 36 heavy (non-hydrogen) atoms. The van der Waals surface area contributed by atoms with Gasteiger partial charge in [0.15, 0.2) is 6.61 Å². The molecular formula is C24H25F3N6O3. The minimum absolute atomic E-state index is 0.108. The Kier molecular flexibility index (Phi) is 7.13. The van der Waals surface area contributed by atoms with Gasteiger partial charge in [0.1, 0.15) is 11.8 Å². The Morgan fingerprint density at radius 1 is 1.17 bits per heavy atom. The van der Waals surface area contributed by atoms with Gasteiger partial charge in [0.05, 0.1) is 24.5 Å². The number of aromatic nitrogens is 3. The van der Waals surface area contributed by atoms with Crippen LogP contribution in [0.25, 0.3) is 5.69 Å². The van der Waals surface area contributed by atoms with E-state index in [2.05, 4.69) is 10.3 Å². The lowest BCUT2D eigenvalue weighted by Gasteiger charge is -2.41. The molecule has 190 valence electrons. The number of carbonyl (C=O) groups excluding carboxylic acids is 2. The van der Waals surface area contributed by atoms with Gasteiger partial charge in [0.25, 0.3) is 0 Å². The maximum absolute atomic E-state index is 13.3. The quantitative estimate of drug-likeness (QED) is 0.531. The molecule has 2 amide bonds. The lowest BCUT2D eigenvalue weighted by molar-refractivity contribution is -0.153. The molecule has 1 saturated heterocycles. The number of halogens is 3. The molecule has 1 aliphatic rings. The van der Waals surface area contributed by atoms with Crippen molar-refractivity contribution in [1.29, 1.82) is 0 Å². The number of para-hydroxylation sites is 1. The molecule has 2 heterocycles. The predicted molar refractivity (Wildman–Crippen MR) is 125 cm³/mol. The number of nitrogens with zero attached hydrogens (tertiary/aromatic N) is 5. The molecule has 1 atom stereocenters. The first-order valence-electron chi connectivity index (χ1n) is 11.2. The lowest BCUT2D eigenvalue weighted by Crippen LogP contribution is -2.60. The number of amides is 2. The van der Waals surface area contributed by atoms with Gasteiger partial charge in [-0.05, 0) is 24.6 Å². The smallest absolute Gasteiger partial charge is 0.422 e. The molecule has 4 rings (SSSR count). The summed E-state index contributed by atoms with van der Waals surface area (Å²) in [6.07, 6.45) is -1.88. The summed E-state index contributed by atoms with van der Waals surface area (Å²) in [4.78, 5) is 28.9. The number of nitrogens with two attached hydrogens (primary N) is 1. The summed E-state index contributed by atoms with van der Waals surface area (Å²) in [5, 5.41) is 7.51. The zero-order valence-corrected chi connectivity index (χ0v) is 19.5. The number of primary amides is 1. The van der Waals surface area contributed by atoms with Crippen molar-refractivity contribution in [3.63, 3.8) is 0 Å². The van der Waals surface area contributed by atoms with Crippen LogP contribution in [0.15, 0.2) is 54.9 Å². The number of alkyl halides is 3. The van der Waals surface area contributed by atoms with Crippen LogP contribution in [-0.2, 0) is 16.0 Å². The normalized spacial score (nSPS) is 16.2. The summed E-state index contributed by atoms with van der Waals surface area (Å²) in [7, 11) is 0. The van der Waals surface area contributed by atoms with Gasteiger partial charge in [-0.3, -0.25) is 9.59 Å². The molecule has 12 heteroatoms. The molecule has 1 aliphatic heterocycles. The van der Waals surface area contributed by atoms with E-state index in [1.54, 1.807) is 6.07 Å². The first kappa shape index (κ1) is 25.0. The number of benzene rings is 2. The van der Waals surface area contributed by atoms with E-state index < -0.39 is 30.6 Å². The third-order valence-corrected chi connectivity index (χ3v) is 5.96. The highest BCUT2D eigenvalue weighted by atomic mass is 19.4. The van der Waals surface area contributed by atoms with Gasteiger partial charge in [-0.2, -0.15) is 13.2 Å². The SMILES string of the molecule is Cc1ccccc1N1CCN(C(=O)Cc2ccc(-n3ccnn3)cc2OCC(F)(F)F)C(C(N)=O)C1. The summed E-state index contributed by atoms with van der Waals surface area (Å²) in [5.74, 6) is -1.20. The molecular weight excluding hydrogens is 477 g/mol. The van der Waals surface area contributed by atoms with Crippen LogP contribution in [0.2, 0.25) is 0 Å². The van der Waals surface area contributed by atoms with Gasteiger partial charge in [-0.25, -0.2) is 4.68 Å². The minimum Gasteiger partial charge on any atom is -0.484 e. The Bertz CT molecular complexity index is 1230. The summed E-state index contributed by atoms with van der Waals surface area (Å²) in [6, 6.07) is 11.3. The van der Waals surface area contributed by atoms with Crippen LogP contribution in [0.3, 0.4) is 0 Å². The summed E-state index contributed by atoms with van der Waals surface area (Å²) in [6.45, 7) is 1.36. The maximum Gasteiger partial charge on any atom is 0.422 e. The number of piperazine rings is 1. The van der Waals surface area contributed by atoms with E-state index in [4.69, 9.17) is 10.5 Å². The zero-order valence-electron chi connectivity index (χ0n) is 19.5. The molecule has 1 unspecified atom stereocenters. The lowest BCUT2D eigenvalue weighted by atomic mass is 10.0. The van der Waals surface area contributed by atoms with Gasteiger partial charge in [0, 0.05) is 37.0 Å². The van der Waals surface area contributed by atoms with E-state index >= 15 is 0 Å².